The maximum atomic E-state index is 2.29. The Balaban J connectivity index is 3.25. The normalized spacial score (nSPS) is 10.9. The topological polar surface area (TPSA) is 0 Å². The highest BCUT2D eigenvalue weighted by Gasteiger charge is 2.04. The SMILES string of the molecule is CCCSC(CC)SCCC. The maximum Gasteiger partial charge on any atom is 0.0499 e. The summed E-state index contributed by atoms with van der Waals surface area (Å²) in [4.78, 5) is 0. The Morgan fingerprint density at radius 2 is 1.36 bits per heavy atom. The second-order valence-corrected chi connectivity index (χ2v) is 5.50. The minimum atomic E-state index is 0.856. The summed E-state index contributed by atoms with van der Waals surface area (Å²) in [6, 6.07) is 0. The number of thioether (sulfide) groups is 2. The van der Waals surface area contributed by atoms with Crippen LogP contribution in [0.25, 0.3) is 0 Å². The molecular formula is C9H20S2. The summed E-state index contributed by atoms with van der Waals surface area (Å²) < 4.78 is 0.856. The van der Waals surface area contributed by atoms with Crippen LogP contribution in [0.2, 0.25) is 0 Å². The zero-order valence-electron chi connectivity index (χ0n) is 7.93. The molecule has 0 aromatic heterocycles. The molecule has 0 N–H and O–H groups in total. The highest BCUT2D eigenvalue weighted by molar-refractivity contribution is 8.17. The lowest BCUT2D eigenvalue weighted by Crippen LogP contribution is -1.96. The van der Waals surface area contributed by atoms with Crippen molar-refractivity contribution >= 4 is 23.5 Å². The smallest absolute Gasteiger partial charge is 0.0499 e. The standard InChI is InChI=1S/C9H20S2/c1-4-7-10-9(6-3)11-8-5-2/h9H,4-8H2,1-3H3. The van der Waals surface area contributed by atoms with E-state index in [9.17, 15) is 0 Å². The zero-order chi connectivity index (χ0) is 8.53. The van der Waals surface area contributed by atoms with Gasteiger partial charge in [-0.3, -0.25) is 0 Å². The van der Waals surface area contributed by atoms with E-state index >= 15 is 0 Å². The average molecular weight is 192 g/mol. The molecule has 0 aromatic rings. The molecule has 0 fully saturated rings. The second-order valence-electron chi connectivity index (χ2n) is 2.58. The summed E-state index contributed by atoms with van der Waals surface area (Å²) in [6.45, 7) is 6.80. The minimum Gasteiger partial charge on any atom is -0.148 e. The fraction of sp³-hybridized carbons (Fsp3) is 1.00. The quantitative estimate of drug-likeness (QED) is 0.559. The Bertz CT molecular complexity index is 66.0. The van der Waals surface area contributed by atoms with E-state index in [0.717, 1.165) is 4.58 Å². The van der Waals surface area contributed by atoms with Crippen LogP contribution in [0.1, 0.15) is 40.0 Å². The lowest BCUT2D eigenvalue weighted by atomic mass is 10.6. The molecule has 0 rings (SSSR count). The fourth-order valence-corrected chi connectivity index (χ4v) is 3.21. The largest absolute Gasteiger partial charge is 0.148 e. The molecule has 0 bridgehead atoms. The molecule has 0 saturated heterocycles. The number of hydrogen-bond acceptors (Lipinski definition) is 2. The van der Waals surface area contributed by atoms with Crippen LogP contribution in [-0.4, -0.2) is 16.1 Å². The third-order valence-electron chi connectivity index (χ3n) is 1.35. The van der Waals surface area contributed by atoms with E-state index in [1.165, 1.54) is 30.8 Å². The van der Waals surface area contributed by atoms with Gasteiger partial charge < -0.3 is 0 Å². The molecule has 0 amide bonds. The van der Waals surface area contributed by atoms with E-state index in [0.29, 0.717) is 0 Å². The molecule has 2 heteroatoms. The molecule has 0 atom stereocenters. The van der Waals surface area contributed by atoms with Crippen molar-refractivity contribution < 1.29 is 0 Å². The molecule has 0 unspecified atom stereocenters. The zero-order valence-corrected chi connectivity index (χ0v) is 9.56. The summed E-state index contributed by atoms with van der Waals surface area (Å²) in [6.07, 6.45) is 3.94. The summed E-state index contributed by atoms with van der Waals surface area (Å²) >= 11 is 4.25. The minimum absolute atomic E-state index is 0.856. The van der Waals surface area contributed by atoms with Crippen LogP contribution in [0, 0.1) is 0 Å². The van der Waals surface area contributed by atoms with Crippen molar-refractivity contribution in [3.8, 4) is 0 Å². The van der Waals surface area contributed by atoms with Crippen LogP contribution in [-0.2, 0) is 0 Å². The van der Waals surface area contributed by atoms with Crippen molar-refractivity contribution in [2.75, 3.05) is 11.5 Å². The highest BCUT2D eigenvalue weighted by Crippen LogP contribution is 2.27. The Kier molecular flexibility index (Phi) is 9.35. The van der Waals surface area contributed by atoms with Gasteiger partial charge in [0.1, 0.15) is 0 Å². The van der Waals surface area contributed by atoms with Gasteiger partial charge in [-0.25, -0.2) is 0 Å². The van der Waals surface area contributed by atoms with Gasteiger partial charge in [-0.15, -0.1) is 23.5 Å². The first-order valence-corrected chi connectivity index (χ1v) is 6.68. The number of rotatable bonds is 7. The summed E-state index contributed by atoms with van der Waals surface area (Å²) in [5.74, 6) is 2.66. The monoisotopic (exact) mass is 192 g/mol. The van der Waals surface area contributed by atoms with E-state index in [1.807, 2.05) is 0 Å². The lowest BCUT2D eigenvalue weighted by Gasteiger charge is -2.12. The average Bonchev–Trinajstić information content (AvgIpc) is 2.05. The van der Waals surface area contributed by atoms with Gasteiger partial charge in [-0.2, -0.15) is 0 Å². The molecular weight excluding hydrogens is 172 g/mol. The Labute approximate surface area is 79.9 Å². The third kappa shape index (κ3) is 7.07. The van der Waals surface area contributed by atoms with Crippen molar-refractivity contribution in [3.63, 3.8) is 0 Å². The molecule has 0 aliphatic carbocycles. The second kappa shape index (κ2) is 8.79. The van der Waals surface area contributed by atoms with Crippen LogP contribution in [0.5, 0.6) is 0 Å². The van der Waals surface area contributed by atoms with Gasteiger partial charge in [0.2, 0.25) is 0 Å². The Hall–Kier alpha value is 0.700. The van der Waals surface area contributed by atoms with Gasteiger partial charge in [0.25, 0.3) is 0 Å². The summed E-state index contributed by atoms with van der Waals surface area (Å²) in [5, 5.41) is 0. The Morgan fingerprint density at radius 3 is 1.64 bits per heavy atom. The predicted molar refractivity (Wildman–Crippen MR) is 59.6 cm³/mol. The van der Waals surface area contributed by atoms with Gasteiger partial charge >= 0.3 is 0 Å². The van der Waals surface area contributed by atoms with Crippen LogP contribution in [0.3, 0.4) is 0 Å². The lowest BCUT2D eigenvalue weighted by molar-refractivity contribution is 1.03. The van der Waals surface area contributed by atoms with Crippen LogP contribution < -0.4 is 0 Å². The van der Waals surface area contributed by atoms with Crippen molar-refractivity contribution in [3.05, 3.63) is 0 Å². The molecule has 0 radical (unpaired) electrons. The van der Waals surface area contributed by atoms with Gasteiger partial charge in [-0.1, -0.05) is 20.8 Å². The summed E-state index contributed by atoms with van der Waals surface area (Å²) in [5.41, 5.74) is 0. The molecule has 0 aromatic carbocycles. The van der Waals surface area contributed by atoms with Crippen molar-refractivity contribution in [1.82, 2.24) is 0 Å². The van der Waals surface area contributed by atoms with Gasteiger partial charge in [0, 0.05) is 4.58 Å². The maximum absolute atomic E-state index is 2.29. The molecule has 0 aliphatic rings. The van der Waals surface area contributed by atoms with E-state index in [2.05, 4.69) is 44.3 Å². The first kappa shape index (κ1) is 11.7. The third-order valence-corrected chi connectivity index (χ3v) is 4.86. The fourth-order valence-electron chi connectivity index (χ4n) is 0.782. The van der Waals surface area contributed by atoms with E-state index in [1.54, 1.807) is 0 Å². The molecule has 0 spiro atoms. The molecule has 0 saturated carbocycles. The highest BCUT2D eigenvalue weighted by atomic mass is 32.2. The van der Waals surface area contributed by atoms with Crippen LogP contribution in [0.4, 0.5) is 0 Å². The predicted octanol–water partition coefficient (Wildman–Crippen LogP) is 4.01. The van der Waals surface area contributed by atoms with Gasteiger partial charge in [0.15, 0.2) is 0 Å². The first-order chi connectivity index (χ1) is 5.35. The van der Waals surface area contributed by atoms with Gasteiger partial charge in [0.05, 0.1) is 0 Å². The first-order valence-electron chi connectivity index (χ1n) is 4.58. The van der Waals surface area contributed by atoms with Crippen molar-refractivity contribution in [2.24, 2.45) is 0 Å². The van der Waals surface area contributed by atoms with E-state index in [4.69, 9.17) is 0 Å². The molecule has 0 heterocycles. The van der Waals surface area contributed by atoms with Crippen LogP contribution >= 0.6 is 23.5 Å². The molecule has 11 heavy (non-hydrogen) atoms. The Morgan fingerprint density at radius 1 is 0.909 bits per heavy atom. The van der Waals surface area contributed by atoms with Crippen LogP contribution in [0.15, 0.2) is 0 Å². The van der Waals surface area contributed by atoms with E-state index in [-0.39, 0.29) is 0 Å². The molecule has 68 valence electrons. The van der Waals surface area contributed by atoms with E-state index < -0.39 is 0 Å². The van der Waals surface area contributed by atoms with Crippen molar-refractivity contribution in [2.45, 2.75) is 44.6 Å². The molecule has 0 nitrogen and oxygen atoms in total. The van der Waals surface area contributed by atoms with Crippen molar-refractivity contribution in [1.29, 1.82) is 0 Å². The van der Waals surface area contributed by atoms with Gasteiger partial charge in [-0.05, 0) is 30.8 Å². The summed E-state index contributed by atoms with van der Waals surface area (Å²) in [7, 11) is 0. The molecule has 0 aliphatic heterocycles. The number of hydrogen-bond donors (Lipinski definition) is 0.